The maximum Gasteiger partial charge on any atom is 0.341 e. The quantitative estimate of drug-likeness (QED) is 0.696. The lowest BCUT2D eigenvalue weighted by atomic mass is 9.81. The zero-order chi connectivity index (χ0) is 22.3. The molecule has 0 aliphatic carbocycles. The van der Waals surface area contributed by atoms with E-state index in [0.29, 0.717) is 34.0 Å². The van der Waals surface area contributed by atoms with Gasteiger partial charge < -0.3 is 24.8 Å². The SMILES string of the molecule is COC(=O)c1c(NC(=O)c2cccc(OC)c2OC)sc2c1CC(C)(C)NC2(C)C. The van der Waals surface area contributed by atoms with E-state index in [0.717, 1.165) is 10.4 Å². The molecule has 1 aromatic heterocycles. The molecule has 2 heterocycles. The Hall–Kier alpha value is -2.58. The molecule has 1 amide bonds. The summed E-state index contributed by atoms with van der Waals surface area (Å²) in [5.41, 5.74) is 1.07. The van der Waals surface area contributed by atoms with Crippen LogP contribution in [0.15, 0.2) is 18.2 Å². The Kier molecular flexibility index (Phi) is 5.84. The van der Waals surface area contributed by atoms with Gasteiger partial charge in [-0.05, 0) is 51.8 Å². The van der Waals surface area contributed by atoms with Crippen LogP contribution in [0.25, 0.3) is 0 Å². The molecule has 0 bridgehead atoms. The van der Waals surface area contributed by atoms with Crippen LogP contribution in [0.1, 0.15) is 58.9 Å². The lowest BCUT2D eigenvalue weighted by molar-refractivity contribution is 0.0600. The number of rotatable bonds is 5. The van der Waals surface area contributed by atoms with Crippen LogP contribution in [-0.2, 0) is 16.7 Å². The van der Waals surface area contributed by atoms with Gasteiger partial charge in [-0.25, -0.2) is 4.79 Å². The number of anilines is 1. The normalized spacial score (nSPS) is 16.4. The summed E-state index contributed by atoms with van der Waals surface area (Å²) in [6.07, 6.45) is 0.644. The highest BCUT2D eigenvalue weighted by molar-refractivity contribution is 7.17. The number of thiophene rings is 1. The van der Waals surface area contributed by atoms with Crippen molar-refractivity contribution >= 4 is 28.2 Å². The van der Waals surface area contributed by atoms with Crippen LogP contribution >= 0.6 is 11.3 Å². The third kappa shape index (κ3) is 3.89. The monoisotopic (exact) mass is 432 g/mol. The first-order valence-electron chi connectivity index (χ1n) is 9.60. The first kappa shape index (κ1) is 22.1. The Morgan fingerprint density at radius 3 is 2.40 bits per heavy atom. The highest BCUT2D eigenvalue weighted by Gasteiger charge is 2.42. The topological polar surface area (TPSA) is 85.9 Å². The van der Waals surface area contributed by atoms with E-state index in [4.69, 9.17) is 14.2 Å². The van der Waals surface area contributed by atoms with Gasteiger partial charge >= 0.3 is 5.97 Å². The summed E-state index contributed by atoms with van der Waals surface area (Å²) in [5.74, 6) is -0.0640. The van der Waals surface area contributed by atoms with Crippen molar-refractivity contribution in [1.82, 2.24) is 5.32 Å². The molecule has 3 rings (SSSR count). The molecule has 0 unspecified atom stereocenters. The summed E-state index contributed by atoms with van der Waals surface area (Å²) >= 11 is 1.39. The molecule has 162 valence electrons. The first-order valence-corrected chi connectivity index (χ1v) is 10.4. The Labute approximate surface area is 180 Å². The third-order valence-corrected chi connectivity index (χ3v) is 6.58. The molecule has 0 saturated heterocycles. The fourth-order valence-electron chi connectivity index (χ4n) is 4.17. The number of para-hydroxylation sites is 1. The van der Waals surface area contributed by atoms with E-state index in [1.54, 1.807) is 18.2 Å². The van der Waals surface area contributed by atoms with Crippen molar-refractivity contribution < 1.29 is 23.8 Å². The zero-order valence-electron chi connectivity index (χ0n) is 18.4. The van der Waals surface area contributed by atoms with Gasteiger partial charge in [0.25, 0.3) is 5.91 Å². The number of hydrogen-bond acceptors (Lipinski definition) is 7. The van der Waals surface area contributed by atoms with Crippen molar-refractivity contribution in [2.75, 3.05) is 26.6 Å². The molecule has 1 aliphatic heterocycles. The lowest BCUT2D eigenvalue weighted by Gasteiger charge is -2.42. The highest BCUT2D eigenvalue weighted by atomic mass is 32.1. The number of hydrogen-bond donors (Lipinski definition) is 2. The van der Waals surface area contributed by atoms with Crippen LogP contribution in [0.4, 0.5) is 5.00 Å². The number of esters is 1. The summed E-state index contributed by atoms with van der Waals surface area (Å²) in [4.78, 5) is 26.8. The maximum absolute atomic E-state index is 13.1. The summed E-state index contributed by atoms with van der Waals surface area (Å²) in [6, 6.07) is 5.08. The molecular weight excluding hydrogens is 404 g/mol. The van der Waals surface area contributed by atoms with E-state index in [1.807, 2.05) is 0 Å². The van der Waals surface area contributed by atoms with Crippen molar-refractivity contribution in [3.8, 4) is 11.5 Å². The van der Waals surface area contributed by atoms with Gasteiger partial charge in [0, 0.05) is 16.0 Å². The van der Waals surface area contributed by atoms with Gasteiger partial charge in [0.05, 0.1) is 32.5 Å². The predicted octanol–water partition coefficient (Wildman–Crippen LogP) is 3.96. The largest absolute Gasteiger partial charge is 0.493 e. The van der Waals surface area contributed by atoms with Crippen LogP contribution in [0, 0.1) is 0 Å². The molecule has 8 heteroatoms. The molecule has 0 fully saturated rings. The van der Waals surface area contributed by atoms with Gasteiger partial charge in [-0.15, -0.1) is 11.3 Å². The van der Waals surface area contributed by atoms with E-state index in [-0.39, 0.29) is 17.0 Å². The first-order chi connectivity index (χ1) is 14.0. The minimum Gasteiger partial charge on any atom is -0.493 e. The maximum atomic E-state index is 13.1. The fraction of sp³-hybridized carbons (Fsp3) is 0.455. The van der Waals surface area contributed by atoms with Gasteiger partial charge in [-0.1, -0.05) is 6.07 Å². The minimum atomic E-state index is -0.464. The Morgan fingerprint density at radius 1 is 1.10 bits per heavy atom. The Morgan fingerprint density at radius 2 is 1.80 bits per heavy atom. The average Bonchev–Trinajstić information content (AvgIpc) is 3.03. The van der Waals surface area contributed by atoms with Gasteiger partial charge in [0.2, 0.25) is 0 Å². The minimum absolute atomic E-state index is 0.211. The zero-order valence-corrected chi connectivity index (χ0v) is 19.2. The number of carbonyl (C=O) groups excluding carboxylic acids is 2. The highest BCUT2D eigenvalue weighted by Crippen LogP contribution is 2.45. The van der Waals surface area contributed by atoms with E-state index >= 15 is 0 Å². The lowest BCUT2D eigenvalue weighted by Crippen LogP contribution is -2.55. The molecule has 0 saturated carbocycles. The average molecular weight is 433 g/mol. The Balaban J connectivity index is 2.09. The molecular formula is C22H28N2O5S. The standard InChI is InChI=1S/C22H28N2O5S/c1-21(2)11-13-15(20(26)29-7)19(30-17(13)22(3,4)24-21)23-18(25)12-9-8-10-14(27-5)16(12)28-6/h8-10,24H,11H2,1-7H3,(H,23,25). The molecule has 30 heavy (non-hydrogen) atoms. The third-order valence-electron chi connectivity index (χ3n) is 5.11. The van der Waals surface area contributed by atoms with Gasteiger partial charge in [-0.3, -0.25) is 4.79 Å². The number of methoxy groups -OCH3 is 3. The van der Waals surface area contributed by atoms with Crippen LogP contribution < -0.4 is 20.1 Å². The summed E-state index contributed by atoms with van der Waals surface area (Å²) in [7, 11) is 4.34. The summed E-state index contributed by atoms with van der Waals surface area (Å²) < 4.78 is 15.7. The molecule has 7 nitrogen and oxygen atoms in total. The molecule has 0 atom stereocenters. The van der Waals surface area contributed by atoms with Crippen LogP contribution in [0.2, 0.25) is 0 Å². The molecule has 0 radical (unpaired) electrons. The number of ether oxygens (including phenoxy) is 3. The van der Waals surface area contributed by atoms with Crippen LogP contribution in [0.5, 0.6) is 11.5 Å². The molecule has 0 spiro atoms. The van der Waals surface area contributed by atoms with Crippen molar-refractivity contribution in [3.05, 3.63) is 39.8 Å². The summed E-state index contributed by atoms with van der Waals surface area (Å²) in [5, 5.41) is 6.99. The number of fused-ring (bicyclic) bond motifs is 1. The van der Waals surface area contributed by atoms with Crippen molar-refractivity contribution in [2.45, 2.75) is 45.2 Å². The molecule has 1 aliphatic rings. The second-order valence-electron chi connectivity index (χ2n) is 8.41. The number of carbonyl (C=O) groups is 2. The van der Waals surface area contributed by atoms with Crippen molar-refractivity contribution in [1.29, 1.82) is 0 Å². The van der Waals surface area contributed by atoms with E-state index in [9.17, 15) is 9.59 Å². The molecule has 2 N–H and O–H groups in total. The second kappa shape index (κ2) is 7.92. The Bertz CT molecular complexity index is 994. The number of nitrogens with one attached hydrogen (secondary N) is 2. The van der Waals surface area contributed by atoms with Crippen LogP contribution in [0.3, 0.4) is 0 Å². The van der Waals surface area contributed by atoms with Crippen molar-refractivity contribution in [3.63, 3.8) is 0 Å². The second-order valence-corrected chi connectivity index (χ2v) is 9.43. The van der Waals surface area contributed by atoms with E-state index in [2.05, 4.69) is 38.3 Å². The van der Waals surface area contributed by atoms with Crippen LogP contribution in [-0.4, -0.2) is 38.7 Å². The molecule has 2 aromatic rings. The number of benzene rings is 1. The fourth-order valence-corrected chi connectivity index (χ4v) is 5.43. The van der Waals surface area contributed by atoms with Gasteiger partial charge in [0.15, 0.2) is 11.5 Å². The molecule has 1 aromatic carbocycles. The smallest absolute Gasteiger partial charge is 0.341 e. The summed E-state index contributed by atoms with van der Waals surface area (Å²) in [6.45, 7) is 8.33. The van der Waals surface area contributed by atoms with Gasteiger partial charge in [0.1, 0.15) is 5.00 Å². The van der Waals surface area contributed by atoms with E-state index in [1.165, 1.54) is 32.7 Å². The van der Waals surface area contributed by atoms with Crippen molar-refractivity contribution in [2.24, 2.45) is 0 Å². The number of amides is 1. The predicted molar refractivity (Wildman–Crippen MR) is 117 cm³/mol. The van der Waals surface area contributed by atoms with Gasteiger partial charge in [-0.2, -0.15) is 0 Å². The van der Waals surface area contributed by atoms with E-state index < -0.39 is 5.97 Å².